The molecule has 0 N–H and O–H groups in total. The second-order valence-electron chi connectivity index (χ2n) is 7.77. The Hall–Kier alpha value is -2.34. The molecule has 0 unspecified atom stereocenters. The van der Waals surface area contributed by atoms with E-state index in [-0.39, 0.29) is 0 Å². The molecule has 0 saturated carbocycles. The van der Waals surface area contributed by atoms with E-state index in [1.165, 1.54) is 55.2 Å². The molecule has 3 aromatic rings. The maximum atomic E-state index is 2.49. The van der Waals surface area contributed by atoms with Crippen molar-refractivity contribution in [3.8, 4) is 0 Å². The Labute approximate surface area is 158 Å². The number of hydrogen-bond donors (Lipinski definition) is 0. The van der Waals surface area contributed by atoms with Crippen LogP contribution in [0.3, 0.4) is 0 Å². The zero-order valence-corrected chi connectivity index (χ0v) is 15.9. The van der Waals surface area contributed by atoms with Gasteiger partial charge in [0.15, 0.2) is 0 Å². The molecule has 26 heavy (non-hydrogen) atoms. The average molecular weight is 343 g/mol. The summed E-state index contributed by atoms with van der Waals surface area (Å²) in [4.78, 5) is 0. The van der Waals surface area contributed by atoms with E-state index in [2.05, 4.69) is 97.9 Å². The third-order valence-electron chi connectivity index (χ3n) is 5.58. The lowest BCUT2D eigenvalue weighted by atomic mass is 9.75. The summed E-state index contributed by atoms with van der Waals surface area (Å²) < 4.78 is 0. The molecule has 0 heterocycles. The molecule has 0 aromatic heterocycles. The van der Waals surface area contributed by atoms with Crippen LogP contribution in [0.25, 0.3) is 0 Å². The van der Waals surface area contributed by atoms with Gasteiger partial charge in [-0.2, -0.15) is 0 Å². The standard InChI is InChI=1S/C26H30/c1-26(20-17-23-11-5-2-6-12-23,21-18-24-13-7-3-8-14-24)22-19-25-15-9-4-10-16-25/h2-16H,17-22H2,1H3. The fraction of sp³-hybridized carbons (Fsp3) is 0.308. The Morgan fingerprint density at radius 1 is 0.462 bits per heavy atom. The van der Waals surface area contributed by atoms with Crippen LogP contribution < -0.4 is 0 Å². The summed E-state index contributed by atoms with van der Waals surface area (Å²) in [5, 5.41) is 0. The third kappa shape index (κ3) is 5.88. The van der Waals surface area contributed by atoms with Crippen molar-refractivity contribution in [2.75, 3.05) is 0 Å². The van der Waals surface area contributed by atoms with Gasteiger partial charge in [0, 0.05) is 0 Å². The second kappa shape index (κ2) is 9.38. The Kier molecular flexibility index (Phi) is 6.66. The maximum absolute atomic E-state index is 2.49. The molecule has 3 rings (SSSR count). The molecule has 0 amide bonds. The van der Waals surface area contributed by atoms with E-state index >= 15 is 0 Å². The Balaban J connectivity index is 1.64. The van der Waals surface area contributed by atoms with Gasteiger partial charge < -0.3 is 0 Å². The molecule has 3 aromatic carbocycles. The fourth-order valence-electron chi connectivity index (χ4n) is 3.65. The lowest BCUT2D eigenvalue weighted by Crippen LogP contribution is -2.20. The topological polar surface area (TPSA) is 0 Å². The zero-order chi connectivity index (χ0) is 18.1. The molecule has 0 aliphatic carbocycles. The van der Waals surface area contributed by atoms with Gasteiger partial charge in [-0.3, -0.25) is 0 Å². The van der Waals surface area contributed by atoms with E-state index in [1.54, 1.807) is 0 Å². The molecule has 0 atom stereocenters. The van der Waals surface area contributed by atoms with E-state index in [1.807, 2.05) is 0 Å². The van der Waals surface area contributed by atoms with Gasteiger partial charge in [0.1, 0.15) is 0 Å². The normalized spacial score (nSPS) is 11.4. The summed E-state index contributed by atoms with van der Waals surface area (Å²) in [6, 6.07) is 32.8. The molecular formula is C26H30. The molecule has 0 aliphatic heterocycles. The molecule has 0 aliphatic rings. The predicted octanol–water partition coefficient (Wildman–Crippen LogP) is 6.89. The smallest absolute Gasteiger partial charge is 0.0274 e. The van der Waals surface area contributed by atoms with E-state index in [0.29, 0.717) is 5.41 Å². The summed E-state index contributed by atoms with van der Waals surface area (Å²) in [5.74, 6) is 0. The van der Waals surface area contributed by atoms with Crippen LogP contribution in [-0.2, 0) is 19.3 Å². The van der Waals surface area contributed by atoms with Gasteiger partial charge >= 0.3 is 0 Å². The van der Waals surface area contributed by atoms with Gasteiger partial charge in [-0.1, -0.05) is 97.9 Å². The summed E-state index contributed by atoms with van der Waals surface area (Å²) in [6.07, 6.45) is 7.24. The SMILES string of the molecule is CC(CCc1ccccc1)(CCc1ccccc1)CCc1ccccc1. The number of rotatable bonds is 9. The van der Waals surface area contributed by atoms with Gasteiger partial charge in [-0.15, -0.1) is 0 Å². The summed E-state index contributed by atoms with van der Waals surface area (Å²) in [7, 11) is 0. The summed E-state index contributed by atoms with van der Waals surface area (Å²) in [5.41, 5.74) is 4.73. The monoisotopic (exact) mass is 342 g/mol. The molecule has 0 saturated heterocycles. The quantitative estimate of drug-likeness (QED) is 0.397. The molecule has 0 radical (unpaired) electrons. The minimum atomic E-state index is 0.363. The highest BCUT2D eigenvalue weighted by Gasteiger charge is 2.23. The van der Waals surface area contributed by atoms with Crippen LogP contribution in [0.5, 0.6) is 0 Å². The van der Waals surface area contributed by atoms with E-state index in [0.717, 1.165) is 0 Å². The highest BCUT2D eigenvalue weighted by Crippen LogP contribution is 2.34. The van der Waals surface area contributed by atoms with E-state index in [9.17, 15) is 0 Å². The summed E-state index contributed by atoms with van der Waals surface area (Å²) in [6.45, 7) is 2.49. The third-order valence-corrected chi connectivity index (χ3v) is 5.58. The van der Waals surface area contributed by atoms with Crippen LogP contribution in [0.2, 0.25) is 0 Å². The molecular weight excluding hydrogens is 312 g/mol. The van der Waals surface area contributed by atoms with Crippen LogP contribution >= 0.6 is 0 Å². The van der Waals surface area contributed by atoms with E-state index < -0.39 is 0 Å². The number of aryl methyl sites for hydroxylation is 3. The molecule has 0 spiro atoms. The van der Waals surface area contributed by atoms with Crippen molar-refractivity contribution in [3.63, 3.8) is 0 Å². The van der Waals surface area contributed by atoms with Crippen LogP contribution in [0.4, 0.5) is 0 Å². The fourth-order valence-corrected chi connectivity index (χ4v) is 3.65. The lowest BCUT2D eigenvalue weighted by Gasteiger charge is -2.30. The first-order valence-electron chi connectivity index (χ1n) is 9.85. The van der Waals surface area contributed by atoms with Crippen LogP contribution in [-0.4, -0.2) is 0 Å². The lowest BCUT2D eigenvalue weighted by molar-refractivity contribution is 0.250. The van der Waals surface area contributed by atoms with Crippen molar-refractivity contribution in [3.05, 3.63) is 108 Å². The number of hydrogen-bond acceptors (Lipinski definition) is 0. The molecule has 0 fully saturated rings. The Morgan fingerprint density at radius 2 is 0.731 bits per heavy atom. The van der Waals surface area contributed by atoms with Crippen molar-refractivity contribution in [2.45, 2.75) is 45.4 Å². The van der Waals surface area contributed by atoms with Gasteiger partial charge in [0.05, 0.1) is 0 Å². The minimum absolute atomic E-state index is 0.363. The molecule has 0 heteroatoms. The van der Waals surface area contributed by atoms with Gasteiger partial charge in [-0.25, -0.2) is 0 Å². The Morgan fingerprint density at radius 3 is 1.00 bits per heavy atom. The van der Waals surface area contributed by atoms with Crippen molar-refractivity contribution < 1.29 is 0 Å². The first-order chi connectivity index (χ1) is 12.7. The largest absolute Gasteiger partial charge is 0.0622 e. The number of benzene rings is 3. The molecule has 134 valence electrons. The van der Waals surface area contributed by atoms with Crippen LogP contribution in [0.1, 0.15) is 42.9 Å². The van der Waals surface area contributed by atoms with Gasteiger partial charge in [0.25, 0.3) is 0 Å². The van der Waals surface area contributed by atoms with Crippen molar-refractivity contribution in [1.29, 1.82) is 0 Å². The van der Waals surface area contributed by atoms with Crippen molar-refractivity contribution >= 4 is 0 Å². The van der Waals surface area contributed by atoms with Crippen LogP contribution in [0.15, 0.2) is 91.0 Å². The molecule has 0 nitrogen and oxygen atoms in total. The summed E-state index contributed by atoms with van der Waals surface area (Å²) >= 11 is 0. The zero-order valence-electron chi connectivity index (χ0n) is 15.9. The average Bonchev–Trinajstić information content (AvgIpc) is 2.72. The molecule has 0 bridgehead atoms. The van der Waals surface area contributed by atoms with Gasteiger partial charge in [-0.05, 0) is 60.6 Å². The first-order valence-corrected chi connectivity index (χ1v) is 9.85. The Bertz CT molecular complexity index is 638. The highest BCUT2D eigenvalue weighted by atomic mass is 14.3. The second-order valence-corrected chi connectivity index (χ2v) is 7.77. The van der Waals surface area contributed by atoms with Crippen molar-refractivity contribution in [1.82, 2.24) is 0 Å². The highest BCUT2D eigenvalue weighted by molar-refractivity contribution is 5.18. The van der Waals surface area contributed by atoms with Gasteiger partial charge in [0.2, 0.25) is 0 Å². The van der Waals surface area contributed by atoms with E-state index in [4.69, 9.17) is 0 Å². The first kappa shape index (κ1) is 18.5. The maximum Gasteiger partial charge on any atom is -0.0274 e. The minimum Gasteiger partial charge on any atom is -0.0622 e. The predicted molar refractivity (Wildman–Crippen MR) is 112 cm³/mol. The van der Waals surface area contributed by atoms with Crippen LogP contribution in [0, 0.1) is 5.41 Å². The van der Waals surface area contributed by atoms with Crippen molar-refractivity contribution in [2.24, 2.45) is 5.41 Å².